The van der Waals surface area contributed by atoms with Gasteiger partial charge in [0.25, 0.3) is 5.91 Å². The molecule has 0 spiro atoms. The smallest absolute Gasteiger partial charge is 0.307 e. The summed E-state index contributed by atoms with van der Waals surface area (Å²) in [5.74, 6) is 0.403. The number of carboxylic acids is 1. The molecule has 0 bridgehead atoms. The molecule has 1 heterocycles. The van der Waals surface area contributed by atoms with Crippen LogP contribution < -0.4 is 4.74 Å². The van der Waals surface area contributed by atoms with E-state index in [0.29, 0.717) is 17.0 Å². The highest BCUT2D eigenvalue weighted by molar-refractivity contribution is 6.04. The second-order valence-corrected chi connectivity index (χ2v) is 8.19. The summed E-state index contributed by atoms with van der Waals surface area (Å²) in [6.45, 7) is 2.60. The van der Waals surface area contributed by atoms with E-state index < -0.39 is 5.97 Å². The van der Waals surface area contributed by atoms with Gasteiger partial charge in [0.15, 0.2) is 0 Å². The average molecular weight is 405 g/mol. The molecule has 2 aromatic carbocycles. The predicted molar refractivity (Wildman–Crippen MR) is 116 cm³/mol. The number of aryl methyl sites for hydroxylation is 1. The Hall–Kier alpha value is -3.08. The Morgan fingerprint density at radius 3 is 2.50 bits per heavy atom. The van der Waals surface area contributed by atoms with Crippen LogP contribution in [0.25, 0.3) is 10.9 Å². The summed E-state index contributed by atoms with van der Waals surface area (Å²) in [6, 6.07) is 14.6. The van der Waals surface area contributed by atoms with Gasteiger partial charge in [-0.15, -0.1) is 0 Å². The molecule has 1 fully saturated rings. The van der Waals surface area contributed by atoms with Gasteiger partial charge in [-0.1, -0.05) is 31.4 Å². The van der Waals surface area contributed by atoms with Crippen LogP contribution >= 0.6 is 0 Å². The Morgan fingerprint density at radius 1 is 1.07 bits per heavy atom. The maximum Gasteiger partial charge on any atom is 0.307 e. The van der Waals surface area contributed by atoms with Crippen molar-refractivity contribution in [1.82, 2.24) is 4.57 Å². The van der Waals surface area contributed by atoms with Gasteiger partial charge in [-0.25, -0.2) is 0 Å². The van der Waals surface area contributed by atoms with Crippen molar-refractivity contribution in [3.05, 3.63) is 65.4 Å². The molecule has 0 radical (unpaired) electrons. The van der Waals surface area contributed by atoms with E-state index in [4.69, 9.17) is 9.84 Å². The van der Waals surface area contributed by atoms with Gasteiger partial charge in [-0.2, -0.15) is 0 Å². The lowest BCUT2D eigenvalue weighted by atomic mass is 9.90. The summed E-state index contributed by atoms with van der Waals surface area (Å²) in [6.07, 6.45) is 6.32. The minimum Gasteiger partial charge on any atom is -0.493 e. The highest BCUT2D eigenvalue weighted by atomic mass is 16.5. The summed E-state index contributed by atoms with van der Waals surface area (Å²) in [4.78, 5) is 24.4. The van der Waals surface area contributed by atoms with E-state index in [1.807, 2.05) is 31.2 Å². The first-order valence-corrected chi connectivity index (χ1v) is 10.6. The molecular formula is C25H27NO4. The monoisotopic (exact) mass is 405 g/mol. The number of carbonyl (C=O) groups is 2. The van der Waals surface area contributed by atoms with Gasteiger partial charge in [0, 0.05) is 16.6 Å². The molecule has 4 rings (SSSR count). The van der Waals surface area contributed by atoms with Crippen LogP contribution in [0.3, 0.4) is 0 Å². The molecule has 30 heavy (non-hydrogen) atoms. The lowest BCUT2D eigenvalue weighted by Crippen LogP contribution is -2.15. The molecule has 1 aliphatic rings. The van der Waals surface area contributed by atoms with E-state index >= 15 is 0 Å². The molecule has 1 N–H and O–H groups in total. The first-order chi connectivity index (χ1) is 14.5. The van der Waals surface area contributed by atoms with Crippen molar-refractivity contribution < 1.29 is 19.4 Å². The largest absolute Gasteiger partial charge is 0.493 e. The fourth-order valence-electron chi connectivity index (χ4n) is 4.40. The van der Waals surface area contributed by atoms with Crippen LogP contribution in [0.5, 0.6) is 5.75 Å². The van der Waals surface area contributed by atoms with Crippen LogP contribution in [0.2, 0.25) is 0 Å². The SMILES string of the molecule is Cc1cc2c(CC(=O)O)cccc2n1C(=O)c1ccc(OCC2CCCCC2)cc1. The molecule has 0 saturated heterocycles. The number of hydrogen-bond donors (Lipinski definition) is 1. The number of nitrogens with zero attached hydrogens (tertiary/aromatic N) is 1. The van der Waals surface area contributed by atoms with Gasteiger partial charge in [0.1, 0.15) is 5.75 Å². The van der Waals surface area contributed by atoms with Crippen molar-refractivity contribution in [3.8, 4) is 5.75 Å². The van der Waals surface area contributed by atoms with Crippen LogP contribution in [0.15, 0.2) is 48.5 Å². The Morgan fingerprint density at radius 2 is 1.80 bits per heavy atom. The number of ether oxygens (including phenoxy) is 1. The summed E-state index contributed by atoms with van der Waals surface area (Å²) in [7, 11) is 0. The second kappa shape index (κ2) is 8.74. The minimum absolute atomic E-state index is 0.0674. The third-order valence-corrected chi connectivity index (χ3v) is 5.98. The first-order valence-electron chi connectivity index (χ1n) is 10.6. The zero-order valence-electron chi connectivity index (χ0n) is 17.3. The molecule has 1 saturated carbocycles. The Bertz CT molecular complexity index is 1060. The van der Waals surface area contributed by atoms with E-state index in [0.717, 1.165) is 29.0 Å². The fraction of sp³-hybridized carbons (Fsp3) is 0.360. The number of aromatic nitrogens is 1. The van der Waals surface area contributed by atoms with Crippen molar-refractivity contribution in [1.29, 1.82) is 0 Å². The third-order valence-electron chi connectivity index (χ3n) is 5.98. The number of aliphatic carboxylic acids is 1. The van der Waals surface area contributed by atoms with Crippen LogP contribution in [0, 0.1) is 12.8 Å². The third kappa shape index (κ3) is 4.25. The van der Waals surface area contributed by atoms with Crippen LogP contribution in [0.4, 0.5) is 0 Å². The topological polar surface area (TPSA) is 68.5 Å². The lowest BCUT2D eigenvalue weighted by molar-refractivity contribution is -0.136. The number of rotatable bonds is 6. The Labute approximate surface area is 176 Å². The molecular weight excluding hydrogens is 378 g/mol. The summed E-state index contributed by atoms with van der Waals surface area (Å²) in [5.41, 5.74) is 2.80. The predicted octanol–water partition coefficient (Wildman–Crippen LogP) is 5.22. The number of fused-ring (bicyclic) bond motifs is 1. The van der Waals surface area contributed by atoms with Crippen molar-refractivity contribution in [2.45, 2.75) is 45.4 Å². The quantitative estimate of drug-likeness (QED) is 0.610. The normalized spacial score (nSPS) is 14.7. The Kier molecular flexibility index (Phi) is 5.88. The van der Waals surface area contributed by atoms with Gasteiger partial charge in [0.2, 0.25) is 0 Å². The molecule has 0 amide bonds. The highest BCUT2D eigenvalue weighted by Crippen LogP contribution is 2.27. The number of hydrogen-bond acceptors (Lipinski definition) is 3. The molecule has 5 nitrogen and oxygen atoms in total. The number of carbonyl (C=O) groups excluding carboxylic acids is 1. The molecule has 3 aromatic rings. The van der Waals surface area contributed by atoms with Gasteiger partial charge < -0.3 is 9.84 Å². The van der Waals surface area contributed by atoms with E-state index in [9.17, 15) is 9.59 Å². The standard InChI is InChI=1S/C25H27NO4/c1-17-14-22-20(15-24(27)28)8-5-9-23(22)26(17)25(29)19-10-12-21(13-11-19)30-16-18-6-3-2-4-7-18/h5,8-14,18H,2-4,6-7,15-16H2,1H3,(H,27,28). The maximum absolute atomic E-state index is 13.2. The van der Waals surface area contributed by atoms with Crippen molar-refractivity contribution in [2.75, 3.05) is 6.61 Å². The molecule has 1 aromatic heterocycles. The molecule has 1 aliphatic carbocycles. The van der Waals surface area contributed by atoms with Crippen LogP contribution in [0.1, 0.15) is 53.7 Å². The molecule has 0 aliphatic heterocycles. The van der Waals surface area contributed by atoms with Gasteiger partial charge >= 0.3 is 5.97 Å². The van der Waals surface area contributed by atoms with Crippen LogP contribution in [-0.4, -0.2) is 28.2 Å². The van der Waals surface area contributed by atoms with Crippen molar-refractivity contribution >= 4 is 22.8 Å². The second-order valence-electron chi connectivity index (χ2n) is 8.19. The zero-order chi connectivity index (χ0) is 21.1. The van der Waals surface area contributed by atoms with Crippen molar-refractivity contribution in [2.24, 2.45) is 5.92 Å². The summed E-state index contributed by atoms with van der Waals surface area (Å²) in [5, 5.41) is 9.96. The van der Waals surface area contributed by atoms with E-state index in [1.54, 1.807) is 28.8 Å². The molecule has 0 atom stereocenters. The highest BCUT2D eigenvalue weighted by Gasteiger charge is 2.18. The number of carboxylic acid groups (broad SMARTS) is 1. The van der Waals surface area contributed by atoms with Gasteiger partial charge in [-0.05, 0) is 67.6 Å². The number of benzene rings is 2. The summed E-state index contributed by atoms with van der Waals surface area (Å²) >= 11 is 0. The molecule has 156 valence electrons. The first kappa shape index (κ1) is 20.2. The minimum atomic E-state index is -0.886. The van der Waals surface area contributed by atoms with E-state index in [-0.39, 0.29) is 12.3 Å². The van der Waals surface area contributed by atoms with Crippen LogP contribution in [-0.2, 0) is 11.2 Å². The summed E-state index contributed by atoms with van der Waals surface area (Å²) < 4.78 is 7.60. The van der Waals surface area contributed by atoms with E-state index in [2.05, 4.69) is 0 Å². The molecule has 5 heteroatoms. The zero-order valence-corrected chi connectivity index (χ0v) is 17.3. The van der Waals surface area contributed by atoms with Gasteiger partial charge in [0.05, 0.1) is 18.5 Å². The molecule has 0 unspecified atom stereocenters. The Balaban J connectivity index is 1.53. The fourth-order valence-corrected chi connectivity index (χ4v) is 4.40. The van der Waals surface area contributed by atoms with E-state index in [1.165, 1.54) is 32.1 Å². The van der Waals surface area contributed by atoms with Gasteiger partial charge in [-0.3, -0.25) is 14.2 Å². The maximum atomic E-state index is 13.2. The average Bonchev–Trinajstić information content (AvgIpc) is 3.09. The lowest BCUT2D eigenvalue weighted by Gasteiger charge is -2.21. The van der Waals surface area contributed by atoms with Crippen molar-refractivity contribution in [3.63, 3.8) is 0 Å².